The second kappa shape index (κ2) is 9.41. The summed E-state index contributed by atoms with van der Waals surface area (Å²) in [4.78, 5) is 12.1. The molecule has 4 N–H and O–H groups in total. The summed E-state index contributed by atoms with van der Waals surface area (Å²) in [7, 11) is -3.74. The van der Waals surface area contributed by atoms with Crippen molar-refractivity contribution >= 4 is 34.0 Å². The zero-order chi connectivity index (χ0) is 20.2. The molecular formula is C20H28ClN3O3S. The van der Waals surface area contributed by atoms with Crippen LogP contribution in [0.15, 0.2) is 47.4 Å². The van der Waals surface area contributed by atoms with Crippen LogP contribution in [0.5, 0.6) is 0 Å². The van der Waals surface area contributed by atoms with Gasteiger partial charge in [0.25, 0.3) is 15.9 Å². The summed E-state index contributed by atoms with van der Waals surface area (Å²) in [6, 6.07) is 11.8. The van der Waals surface area contributed by atoms with E-state index in [1.54, 1.807) is 37.3 Å². The average molecular weight is 426 g/mol. The predicted molar refractivity (Wildman–Crippen MR) is 116 cm³/mol. The number of aryl methyl sites for hydroxylation is 1. The average Bonchev–Trinajstić information content (AvgIpc) is 2.59. The monoisotopic (exact) mass is 425 g/mol. The Bertz CT molecular complexity index is 921. The largest absolute Gasteiger partial charge is 0.351 e. The number of sulfonamides is 1. The molecule has 0 saturated heterocycles. The Morgan fingerprint density at radius 2 is 1.68 bits per heavy atom. The van der Waals surface area contributed by atoms with Crippen molar-refractivity contribution in [1.29, 1.82) is 0 Å². The Kier molecular flexibility index (Phi) is 8.05. The minimum atomic E-state index is -3.74. The molecule has 0 aromatic heterocycles. The Hall–Kier alpha value is -2.09. The Morgan fingerprint density at radius 3 is 2.21 bits per heavy atom. The molecule has 28 heavy (non-hydrogen) atoms. The van der Waals surface area contributed by atoms with E-state index in [1.165, 1.54) is 0 Å². The molecule has 2 aromatic carbocycles. The van der Waals surface area contributed by atoms with Crippen LogP contribution in [0.4, 0.5) is 5.69 Å². The van der Waals surface area contributed by atoms with Gasteiger partial charge in [-0.2, -0.15) is 0 Å². The molecule has 0 unspecified atom stereocenters. The van der Waals surface area contributed by atoms with E-state index in [1.807, 2.05) is 32.9 Å². The summed E-state index contributed by atoms with van der Waals surface area (Å²) >= 11 is 0. The molecule has 0 aliphatic rings. The fourth-order valence-corrected chi connectivity index (χ4v) is 3.87. The molecule has 0 aliphatic heterocycles. The number of hydrogen-bond donors (Lipinski definition) is 3. The summed E-state index contributed by atoms with van der Waals surface area (Å²) in [6.07, 6.45) is 0. The van der Waals surface area contributed by atoms with Gasteiger partial charge in [-0.15, -0.1) is 12.4 Å². The second-order valence-corrected chi connectivity index (χ2v) is 9.11. The molecule has 0 atom stereocenters. The summed E-state index contributed by atoms with van der Waals surface area (Å²) in [6.45, 7) is 8.63. The third kappa shape index (κ3) is 5.95. The highest BCUT2D eigenvalue weighted by atomic mass is 35.5. The summed E-state index contributed by atoms with van der Waals surface area (Å²) in [5.74, 6) is -0.247. The van der Waals surface area contributed by atoms with Crippen LogP contribution < -0.4 is 15.8 Å². The van der Waals surface area contributed by atoms with Gasteiger partial charge < -0.3 is 11.1 Å². The van der Waals surface area contributed by atoms with Gasteiger partial charge in [0.15, 0.2) is 0 Å². The van der Waals surface area contributed by atoms with Crippen LogP contribution in [0.3, 0.4) is 0 Å². The molecule has 0 heterocycles. The normalized spacial score (nSPS) is 11.5. The van der Waals surface area contributed by atoms with Crippen LogP contribution in [-0.4, -0.2) is 27.4 Å². The quantitative estimate of drug-likeness (QED) is 0.661. The van der Waals surface area contributed by atoms with Crippen LogP contribution >= 0.6 is 12.4 Å². The Balaban J connectivity index is 0.00000392. The zero-order valence-electron chi connectivity index (χ0n) is 16.6. The number of halogens is 1. The van der Waals surface area contributed by atoms with Gasteiger partial charge in [0.2, 0.25) is 0 Å². The zero-order valence-corrected chi connectivity index (χ0v) is 18.2. The number of benzene rings is 2. The lowest BCUT2D eigenvalue weighted by atomic mass is 9.87. The molecule has 1 amide bonds. The van der Waals surface area contributed by atoms with E-state index in [2.05, 4.69) is 10.0 Å². The molecule has 0 aliphatic carbocycles. The van der Waals surface area contributed by atoms with Crippen LogP contribution in [-0.2, 0) is 15.4 Å². The molecule has 6 nitrogen and oxygen atoms in total. The third-order valence-electron chi connectivity index (χ3n) is 4.17. The summed E-state index contributed by atoms with van der Waals surface area (Å²) in [5.41, 5.74) is 7.66. The van der Waals surface area contributed by atoms with Crippen molar-refractivity contribution in [2.45, 2.75) is 38.0 Å². The van der Waals surface area contributed by atoms with E-state index in [4.69, 9.17) is 5.73 Å². The van der Waals surface area contributed by atoms with Crippen molar-refractivity contribution in [3.8, 4) is 0 Å². The topological polar surface area (TPSA) is 101 Å². The molecule has 154 valence electrons. The lowest BCUT2D eigenvalue weighted by Gasteiger charge is -2.21. The van der Waals surface area contributed by atoms with Crippen molar-refractivity contribution in [2.24, 2.45) is 5.73 Å². The van der Waals surface area contributed by atoms with E-state index in [0.717, 1.165) is 5.56 Å². The van der Waals surface area contributed by atoms with Crippen LogP contribution in [0.1, 0.15) is 42.3 Å². The number of nitrogens with two attached hydrogens (primary N) is 1. The van der Waals surface area contributed by atoms with Crippen LogP contribution in [0.2, 0.25) is 0 Å². The molecule has 0 spiro atoms. The summed E-state index contributed by atoms with van der Waals surface area (Å²) < 4.78 is 28.3. The van der Waals surface area contributed by atoms with Crippen LogP contribution in [0, 0.1) is 6.92 Å². The van der Waals surface area contributed by atoms with Gasteiger partial charge in [-0.05, 0) is 53.8 Å². The second-order valence-electron chi connectivity index (χ2n) is 7.46. The molecule has 0 fully saturated rings. The smallest absolute Gasteiger partial charge is 0.262 e. The standard InChI is InChI=1S/C20H27N3O3S.ClH/c1-14-5-8-16(20(2,3)4)13-18(14)27(25,26)23-17-9-6-15(7-10-17)19(24)22-12-11-21;/h5-10,13,23H,11-12,21H2,1-4H3,(H,22,24);1H. The van der Waals surface area contributed by atoms with Crippen molar-refractivity contribution < 1.29 is 13.2 Å². The van der Waals surface area contributed by atoms with Crippen LogP contribution in [0.25, 0.3) is 0 Å². The molecule has 0 radical (unpaired) electrons. The third-order valence-corrected chi connectivity index (χ3v) is 5.70. The highest BCUT2D eigenvalue weighted by Crippen LogP contribution is 2.27. The summed E-state index contributed by atoms with van der Waals surface area (Å²) in [5, 5.41) is 2.67. The molecule has 0 bridgehead atoms. The highest BCUT2D eigenvalue weighted by Gasteiger charge is 2.21. The molecule has 0 saturated carbocycles. The maximum absolute atomic E-state index is 12.9. The minimum Gasteiger partial charge on any atom is -0.351 e. The number of anilines is 1. The number of carbonyl (C=O) groups is 1. The maximum Gasteiger partial charge on any atom is 0.262 e. The van der Waals surface area contributed by atoms with Gasteiger partial charge in [-0.25, -0.2) is 8.42 Å². The highest BCUT2D eigenvalue weighted by molar-refractivity contribution is 7.92. The van der Waals surface area contributed by atoms with Crippen molar-refractivity contribution in [3.63, 3.8) is 0 Å². The van der Waals surface area contributed by atoms with Gasteiger partial charge in [0.05, 0.1) is 4.90 Å². The lowest BCUT2D eigenvalue weighted by Crippen LogP contribution is -2.28. The Labute approximate surface area is 173 Å². The van der Waals surface area contributed by atoms with E-state index >= 15 is 0 Å². The first-order valence-corrected chi connectivity index (χ1v) is 10.3. The molecule has 2 rings (SSSR count). The first-order chi connectivity index (χ1) is 12.5. The Morgan fingerprint density at radius 1 is 1.07 bits per heavy atom. The van der Waals surface area contributed by atoms with Gasteiger partial charge >= 0.3 is 0 Å². The van der Waals surface area contributed by atoms with Gasteiger partial charge in [0, 0.05) is 24.3 Å². The SMILES string of the molecule is Cc1ccc(C(C)(C)C)cc1S(=O)(=O)Nc1ccc(C(=O)NCCN)cc1.Cl. The van der Waals surface area contributed by atoms with Crippen molar-refractivity contribution in [2.75, 3.05) is 17.8 Å². The number of nitrogens with one attached hydrogen (secondary N) is 2. The fraction of sp³-hybridized carbons (Fsp3) is 0.350. The fourth-order valence-electron chi connectivity index (χ4n) is 2.54. The predicted octanol–water partition coefficient (Wildman–Crippen LogP) is 3.20. The van der Waals surface area contributed by atoms with Gasteiger partial charge in [-0.1, -0.05) is 32.9 Å². The van der Waals surface area contributed by atoms with E-state index in [9.17, 15) is 13.2 Å². The lowest BCUT2D eigenvalue weighted by molar-refractivity contribution is 0.0955. The number of amides is 1. The number of carbonyl (C=O) groups excluding carboxylic acids is 1. The van der Waals surface area contributed by atoms with Crippen molar-refractivity contribution in [3.05, 3.63) is 59.2 Å². The van der Waals surface area contributed by atoms with Gasteiger partial charge in [-0.3, -0.25) is 9.52 Å². The minimum absolute atomic E-state index is 0. The first kappa shape index (κ1) is 23.9. The number of hydrogen-bond acceptors (Lipinski definition) is 4. The first-order valence-electron chi connectivity index (χ1n) is 8.77. The van der Waals surface area contributed by atoms with Gasteiger partial charge in [0.1, 0.15) is 0 Å². The van der Waals surface area contributed by atoms with Crippen molar-refractivity contribution in [1.82, 2.24) is 5.32 Å². The number of rotatable bonds is 6. The van der Waals surface area contributed by atoms with E-state index < -0.39 is 10.0 Å². The molecule has 2 aromatic rings. The van der Waals surface area contributed by atoms with E-state index in [0.29, 0.717) is 29.9 Å². The maximum atomic E-state index is 12.9. The molecular weight excluding hydrogens is 398 g/mol. The van der Waals surface area contributed by atoms with E-state index in [-0.39, 0.29) is 28.6 Å². The molecule has 8 heteroatoms.